The lowest BCUT2D eigenvalue weighted by Gasteiger charge is -2.12. The van der Waals surface area contributed by atoms with Crippen LogP contribution in [0, 0.1) is 41.5 Å². The predicted molar refractivity (Wildman–Crippen MR) is 103 cm³/mol. The molecule has 0 fully saturated rings. The lowest BCUT2D eigenvalue weighted by molar-refractivity contribution is 1.18. The Balaban J connectivity index is 2.12. The first kappa shape index (κ1) is 16.4. The first-order valence-electron chi connectivity index (χ1n) is 8.37. The van der Waals surface area contributed by atoms with E-state index in [9.17, 15) is 0 Å². The molecule has 0 unspecified atom stereocenters. The van der Waals surface area contributed by atoms with Crippen LogP contribution in [0.15, 0.2) is 46.6 Å². The van der Waals surface area contributed by atoms with Gasteiger partial charge < -0.3 is 0 Å². The first-order valence-corrected chi connectivity index (χ1v) is 8.37. The molecule has 0 aliphatic rings. The zero-order valence-corrected chi connectivity index (χ0v) is 15.4. The summed E-state index contributed by atoms with van der Waals surface area (Å²) in [5.41, 5.74) is 9.36. The van der Waals surface area contributed by atoms with E-state index in [4.69, 9.17) is 0 Å². The lowest BCUT2D eigenvalue weighted by Crippen LogP contribution is -1.89. The molecule has 0 heterocycles. The van der Waals surface area contributed by atoms with Crippen LogP contribution < -0.4 is 0 Å². The van der Waals surface area contributed by atoms with Gasteiger partial charge in [-0.25, -0.2) is 0 Å². The average Bonchev–Trinajstić information content (AvgIpc) is 2.49. The predicted octanol–water partition coefficient (Wildman–Crippen LogP) is 7.11. The van der Waals surface area contributed by atoms with E-state index in [0.29, 0.717) is 0 Å². The van der Waals surface area contributed by atoms with Crippen LogP contribution in [0.5, 0.6) is 0 Å². The van der Waals surface area contributed by atoms with Gasteiger partial charge in [-0.2, -0.15) is 5.11 Å². The Morgan fingerprint density at radius 2 is 1.38 bits per heavy atom. The molecule has 0 aromatic heterocycles. The van der Waals surface area contributed by atoms with E-state index in [-0.39, 0.29) is 0 Å². The Hall–Kier alpha value is -2.48. The Kier molecular flexibility index (Phi) is 4.23. The number of fused-ring (bicyclic) bond motifs is 1. The fourth-order valence-corrected chi connectivity index (χ4v) is 3.39. The van der Waals surface area contributed by atoms with Crippen molar-refractivity contribution < 1.29 is 0 Å². The normalized spacial score (nSPS) is 11.6. The van der Waals surface area contributed by atoms with Gasteiger partial charge >= 0.3 is 0 Å². The van der Waals surface area contributed by atoms with Crippen molar-refractivity contribution in [3.05, 3.63) is 69.8 Å². The van der Waals surface area contributed by atoms with Crippen molar-refractivity contribution in [3.63, 3.8) is 0 Å². The van der Waals surface area contributed by atoms with Crippen molar-refractivity contribution in [3.8, 4) is 0 Å². The SMILES string of the molecule is Cc1cc(C)c2c(C)c(N=Nc3ccc(C)c(C)c3)c(C)cc2c1. The highest BCUT2D eigenvalue weighted by molar-refractivity contribution is 5.93. The van der Waals surface area contributed by atoms with Crippen LogP contribution in [0.3, 0.4) is 0 Å². The molecule has 0 radical (unpaired) electrons. The van der Waals surface area contributed by atoms with E-state index in [1.54, 1.807) is 0 Å². The van der Waals surface area contributed by atoms with E-state index in [2.05, 4.69) is 82.1 Å². The summed E-state index contributed by atoms with van der Waals surface area (Å²) in [7, 11) is 0. The third kappa shape index (κ3) is 2.96. The molecule has 0 aliphatic heterocycles. The molecule has 3 aromatic rings. The Morgan fingerprint density at radius 1 is 0.625 bits per heavy atom. The summed E-state index contributed by atoms with van der Waals surface area (Å²) in [6, 6.07) is 12.9. The Labute approximate surface area is 144 Å². The minimum absolute atomic E-state index is 0.901. The van der Waals surface area contributed by atoms with Crippen LogP contribution >= 0.6 is 0 Å². The number of azo groups is 1. The maximum absolute atomic E-state index is 4.59. The maximum atomic E-state index is 4.59. The fourth-order valence-electron chi connectivity index (χ4n) is 3.39. The molecule has 0 atom stereocenters. The zero-order chi connectivity index (χ0) is 17.4. The van der Waals surface area contributed by atoms with Crippen LogP contribution in [0.2, 0.25) is 0 Å². The Morgan fingerprint density at radius 3 is 2.08 bits per heavy atom. The van der Waals surface area contributed by atoms with Gasteiger partial charge in [0.25, 0.3) is 0 Å². The smallest absolute Gasteiger partial charge is 0.0921 e. The highest BCUT2D eigenvalue weighted by Crippen LogP contribution is 2.35. The number of rotatable bonds is 2. The van der Waals surface area contributed by atoms with Crippen LogP contribution in [-0.4, -0.2) is 0 Å². The van der Waals surface area contributed by atoms with Crippen molar-refractivity contribution in [1.82, 2.24) is 0 Å². The molecule has 2 heteroatoms. The second-order valence-electron chi connectivity index (χ2n) is 6.82. The van der Waals surface area contributed by atoms with E-state index in [1.165, 1.54) is 38.6 Å². The summed E-state index contributed by atoms with van der Waals surface area (Å²) in [6.45, 7) is 12.8. The molecule has 0 saturated carbocycles. The third-order valence-electron chi connectivity index (χ3n) is 4.74. The standard InChI is InChI=1S/C22H24N2/c1-13-9-16(4)21-18(6)22(17(5)11-19(21)10-13)24-23-20-8-7-14(2)15(3)12-20/h7-12H,1-6H3. The molecular weight excluding hydrogens is 292 g/mol. The number of hydrogen-bond donors (Lipinski definition) is 0. The van der Waals surface area contributed by atoms with Crippen molar-refractivity contribution in [1.29, 1.82) is 0 Å². The van der Waals surface area contributed by atoms with Crippen LogP contribution in [-0.2, 0) is 0 Å². The summed E-state index contributed by atoms with van der Waals surface area (Å²) in [5, 5.41) is 11.6. The topological polar surface area (TPSA) is 24.7 Å². The molecule has 122 valence electrons. The van der Waals surface area contributed by atoms with Crippen LogP contribution in [0.1, 0.15) is 33.4 Å². The van der Waals surface area contributed by atoms with Crippen LogP contribution in [0.25, 0.3) is 10.8 Å². The molecular formula is C22H24N2. The van der Waals surface area contributed by atoms with Crippen molar-refractivity contribution in [2.75, 3.05) is 0 Å². The van der Waals surface area contributed by atoms with Gasteiger partial charge in [0.05, 0.1) is 11.4 Å². The number of hydrogen-bond acceptors (Lipinski definition) is 2. The molecule has 0 bridgehead atoms. The molecule has 24 heavy (non-hydrogen) atoms. The highest BCUT2D eigenvalue weighted by Gasteiger charge is 2.10. The van der Waals surface area contributed by atoms with Gasteiger partial charge in [-0.15, -0.1) is 5.11 Å². The van der Waals surface area contributed by atoms with Gasteiger partial charge in [0.2, 0.25) is 0 Å². The zero-order valence-electron chi connectivity index (χ0n) is 15.4. The van der Waals surface area contributed by atoms with Gasteiger partial charge in [-0.05, 0) is 98.3 Å². The van der Waals surface area contributed by atoms with Crippen molar-refractivity contribution >= 4 is 22.1 Å². The first-order chi connectivity index (χ1) is 11.4. The van der Waals surface area contributed by atoms with E-state index in [0.717, 1.165) is 16.9 Å². The highest BCUT2D eigenvalue weighted by atomic mass is 15.1. The minimum atomic E-state index is 0.901. The summed E-state index contributed by atoms with van der Waals surface area (Å²) in [4.78, 5) is 0. The molecule has 0 saturated heterocycles. The number of benzene rings is 3. The summed E-state index contributed by atoms with van der Waals surface area (Å²) in [5.74, 6) is 0. The van der Waals surface area contributed by atoms with Crippen molar-refractivity contribution in [2.24, 2.45) is 10.2 Å². The summed E-state index contributed by atoms with van der Waals surface area (Å²) >= 11 is 0. The van der Waals surface area contributed by atoms with Gasteiger partial charge in [0.15, 0.2) is 0 Å². The Bertz CT molecular complexity index is 966. The molecule has 0 amide bonds. The minimum Gasteiger partial charge on any atom is -0.151 e. The van der Waals surface area contributed by atoms with Gasteiger partial charge in [-0.1, -0.05) is 23.8 Å². The lowest BCUT2D eigenvalue weighted by atomic mass is 9.95. The second kappa shape index (κ2) is 6.20. The summed E-state index contributed by atoms with van der Waals surface area (Å²) < 4.78 is 0. The molecule has 0 spiro atoms. The largest absolute Gasteiger partial charge is 0.151 e. The van der Waals surface area contributed by atoms with E-state index in [1.807, 2.05) is 6.07 Å². The van der Waals surface area contributed by atoms with E-state index < -0.39 is 0 Å². The monoisotopic (exact) mass is 316 g/mol. The molecule has 2 nitrogen and oxygen atoms in total. The van der Waals surface area contributed by atoms with Gasteiger partial charge in [-0.3, -0.25) is 0 Å². The third-order valence-corrected chi connectivity index (χ3v) is 4.74. The van der Waals surface area contributed by atoms with Crippen molar-refractivity contribution in [2.45, 2.75) is 41.5 Å². The average molecular weight is 316 g/mol. The molecule has 3 aromatic carbocycles. The van der Waals surface area contributed by atoms with Gasteiger partial charge in [0, 0.05) is 0 Å². The fraction of sp³-hybridized carbons (Fsp3) is 0.273. The quantitative estimate of drug-likeness (QED) is 0.450. The number of aryl methyl sites for hydroxylation is 6. The van der Waals surface area contributed by atoms with Crippen LogP contribution in [0.4, 0.5) is 11.4 Å². The molecule has 3 rings (SSSR count). The van der Waals surface area contributed by atoms with E-state index >= 15 is 0 Å². The molecule has 0 aliphatic carbocycles. The second-order valence-corrected chi connectivity index (χ2v) is 6.82. The molecule has 0 N–H and O–H groups in total. The van der Waals surface area contributed by atoms with Gasteiger partial charge in [0.1, 0.15) is 0 Å². The summed E-state index contributed by atoms with van der Waals surface area (Å²) in [6.07, 6.45) is 0. The number of nitrogens with zero attached hydrogens (tertiary/aromatic N) is 2. The maximum Gasteiger partial charge on any atom is 0.0921 e.